The molecule has 0 saturated heterocycles. The molecule has 0 unspecified atom stereocenters. The minimum Gasteiger partial charge on any atom is -0.464 e. The number of aliphatic hydroxyl groups is 1. The van der Waals surface area contributed by atoms with Crippen molar-refractivity contribution >= 4 is 12.3 Å². The van der Waals surface area contributed by atoms with Crippen LogP contribution in [0.1, 0.15) is 65.2 Å². The minimum absolute atomic E-state index is 0.0714. The summed E-state index contributed by atoms with van der Waals surface area (Å²) in [7, 11) is 0. The van der Waals surface area contributed by atoms with Crippen LogP contribution in [0.25, 0.3) is 0 Å². The van der Waals surface area contributed by atoms with Gasteiger partial charge in [0.05, 0.1) is 6.10 Å². The molecule has 23 heavy (non-hydrogen) atoms. The number of hydrogen-bond donors (Lipinski definition) is 1. The summed E-state index contributed by atoms with van der Waals surface area (Å²) in [6.45, 7) is 4.66. The van der Waals surface area contributed by atoms with Gasteiger partial charge in [-0.25, -0.2) is 0 Å². The Morgan fingerprint density at radius 1 is 1.17 bits per heavy atom. The summed E-state index contributed by atoms with van der Waals surface area (Å²) in [5, 5.41) is 9.73. The fourth-order valence-corrected chi connectivity index (χ4v) is 2.08. The lowest BCUT2D eigenvalue weighted by atomic mass is 10.0. The van der Waals surface area contributed by atoms with E-state index in [1.807, 2.05) is 6.08 Å². The molecule has 0 saturated carbocycles. The van der Waals surface area contributed by atoms with Crippen LogP contribution in [-0.2, 0) is 14.3 Å². The number of allylic oxidation sites excluding steroid dienone is 1. The lowest BCUT2D eigenvalue weighted by Gasteiger charge is -2.14. The van der Waals surface area contributed by atoms with E-state index in [0.717, 1.165) is 44.9 Å². The number of carbonyl (C=O) groups is 2. The van der Waals surface area contributed by atoms with Gasteiger partial charge in [0.25, 0.3) is 6.47 Å². The third-order valence-corrected chi connectivity index (χ3v) is 3.42. The summed E-state index contributed by atoms with van der Waals surface area (Å²) >= 11 is 0. The zero-order valence-electron chi connectivity index (χ0n) is 14.4. The van der Waals surface area contributed by atoms with Gasteiger partial charge in [-0.15, -0.1) is 0 Å². The van der Waals surface area contributed by atoms with Gasteiger partial charge in [-0.1, -0.05) is 51.7 Å². The van der Waals surface area contributed by atoms with Gasteiger partial charge in [-0.2, -0.15) is 0 Å². The molecule has 0 spiro atoms. The summed E-state index contributed by atoms with van der Waals surface area (Å²) in [5.74, 6) is -0.146. The fourth-order valence-electron chi connectivity index (χ4n) is 2.08. The van der Waals surface area contributed by atoms with E-state index in [-0.39, 0.29) is 18.3 Å². The molecule has 0 aliphatic heterocycles. The molecule has 4 nitrogen and oxygen atoms in total. The first-order chi connectivity index (χ1) is 11.1. The van der Waals surface area contributed by atoms with E-state index in [1.54, 1.807) is 18.9 Å². The lowest BCUT2D eigenvalue weighted by molar-refractivity contribution is -0.132. The van der Waals surface area contributed by atoms with Crippen molar-refractivity contribution in [3.8, 4) is 0 Å². The van der Waals surface area contributed by atoms with Crippen molar-refractivity contribution in [3.63, 3.8) is 0 Å². The summed E-state index contributed by atoms with van der Waals surface area (Å²) in [4.78, 5) is 22.2. The number of unbranched alkanes of at least 4 members (excludes halogenated alkanes) is 4. The van der Waals surface area contributed by atoms with Crippen molar-refractivity contribution in [2.75, 3.05) is 0 Å². The van der Waals surface area contributed by atoms with E-state index >= 15 is 0 Å². The molecule has 131 valence electrons. The molecular weight excluding hydrogens is 292 g/mol. The first kappa shape index (κ1) is 21.8. The average molecular weight is 323 g/mol. The summed E-state index contributed by atoms with van der Waals surface area (Å²) in [6.07, 6.45) is 14.4. The van der Waals surface area contributed by atoms with Crippen molar-refractivity contribution < 1.29 is 19.4 Å². The molecule has 0 rings (SSSR count). The quantitative estimate of drug-likeness (QED) is 0.267. The molecule has 0 amide bonds. The first-order valence-electron chi connectivity index (χ1n) is 8.62. The zero-order valence-corrected chi connectivity index (χ0v) is 14.4. The third kappa shape index (κ3) is 14.2. The van der Waals surface area contributed by atoms with E-state index in [0.29, 0.717) is 6.47 Å². The maximum atomic E-state index is 11.7. The Hall–Kier alpha value is -1.16. The molecule has 0 aromatic rings. The Morgan fingerprint density at radius 3 is 2.57 bits per heavy atom. The summed E-state index contributed by atoms with van der Waals surface area (Å²) < 4.78 is 4.97. The van der Waals surface area contributed by atoms with Gasteiger partial charge in [0, 0.05) is 19.3 Å². The number of hydrogen-bond acceptors (Lipinski definition) is 4. The van der Waals surface area contributed by atoms with Crippen LogP contribution in [0.15, 0.2) is 12.2 Å². The Bertz CT molecular complexity index is 325. The minimum atomic E-state index is -0.740. The predicted molar refractivity (Wildman–Crippen MR) is 92.3 cm³/mol. The average Bonchev–Trinajstić information content (AvgIpc) is 2.52. The molecule has 3 radical (unpaired) electrons. The molecule has 0 aromatic heterocycles. The molecular formula is C19H31O4. The highest BCUT2D eigenvalue weighted by atomic mass is 16.5. The molecule has 0 aliphatic rings. The molecule has 4 heteroatoms. The predicted octanol–water partition coefficient (Wildman–Crippen LogP) is 3.79. The second-order valence-corrected chi connectivity index (χ2v) is 5.63. The maximum absolute atomic E-state index is 11.7. The van der Waals surface area contributed by atoms with Crippen LogP contribution in [0.5, 0.6) is 0 Å². The van der Waals surface area contributed by atoms with Gasteiger partial charge in [0.1, 0.15) is 11.9 Å². The van der Waals surface area contributed by atoms with Gasteiger partial charge in [-0.05, 0) is 25.7 Å². The largest absolute Gasteiger partial charge is 0.464 e. The van der Waals surface area contributed by atoms with Crippen LogP contribution in [0, 0.1) is 19.3 Å². The van der Waals surface area contributed by atoms with Gasteiger partial charge in [0.15, 0.2) is 0 Å². The van der Waals surface area contributed by atoms with Crippen LogP contribution in [0.2, 0.25) is 0 Å². The van der Waals surface area contributed by atoms with E-state index in [4.69, 9.17) is 4.74 Å². The first-order valence-corrected chi connectivity index (χ1v) is 8.62. The van der Waals surface area contributed by atoms with E-state index in [9.17, 15) is 14.7 Å². The van der Waals surface area contributed by atoms with E-state index in [2.05, 4.69) is 13.8 Å². The number of carbonyl (C=O) groups excluding carboxylic acids is 2. The fraction of sp³-hybridized carbons (Fsp3) is 0.632. The van der Waals surface area contributed by atoms with Gasteiger partial charge >= 0.3 is 0 Å². The normalized spacial score (nSPS) is 13.9. The molecule has 0 fully saturated rings. The van der Waals surface area contributed by atoms with E-state index in [1.165, 1.54) is 6.42 Å². The molecule has 0 bridgehead atoms. The molecule has 1 N–H and O–H groups in total. The Morgan fingerprint density at radius 2 is 1.91 bits per heavy atom. The highest BCUT2D eigenvalue weighted by Gasteiger charge is 2.13. The molecule has 2 atom stereocenters. The standard InChI is InChI=1S/C19H31O4/c1-3-5-7-9-11-17(21)15-18(22)12-10-14-19(23-16-20)13-8-6-4-2/h9-12,14,16-17,19,21H,3-8,13,15H2,1-2H3/b11-9+/t17-,19+/m0/s1. The van der Waals surface area contributed by atoms with Crippen LogP contribution < -0.4 is 0 Å². The number of aliphatic hydroxyl groups excluding tert-OH is 1. The van der Waals surface area contributed by atoms with Crippen molar-refractivity contribution in [1.29, 1.82) is 0 Å². The topological polar surface area (TPSA) is 63.6 Å². The summed E-state index contributed by atoms with van der Waals surface area (Å²) in [5.41, 5.74) is 0. The number of ketones is 1. The second kappa shape index (κ2) is 15.7. The molecule has 0 heterocycles. The number of rotatable bonds is 16. The molecule has 0 aliphatic carbocycles. The SMILES string of the molecule is CCCC/C=C/[C@H](O)CC(=O)[CH][CH][CH][C@@H](CCCCC)OC=O. The van der Waals surface area contributed by atoms with Crippen molar-refractivity contribution in [2.24, 2.45) is 0 Å². The number of ether oxygens (including phenoxy) is 1. The lowest BCUT2D eigenvalue weighted by Crippen LogP contribution is -2.16. The Labute approximate surface area is 141 Å². The molecule has 0 aromatic carbocycles. The Kier molecular flexibility index (Phi) is 14.9. The van der Waals surface area contributed by atoms with Gasteiger partial charge in [-0.3, -0.25) is 9.59 Å². The summed E-state index contributed by atoms with van der Waals surface area (Å²) in [6, 6.07) is 0. The maximum Gasteiger partial charge on any atom is 0.293 e. The second-order valence-electron chi connectivity index (χ2n) is 5.63. The van der Waals surface area contributed by atoms with Crippen molar-refractivity contribution in [3.05, 3.63) is 31.4 Å². The highest BCUT2D eigenvalue weighted by molar-refractivity contribution is 5.89. The third-order valence-electron chi connectivity index (χ3n) is 3.42. The van der Waals surface area contributed by atoms with Crippen LogP contribution in [-0.4, -0.2) is 29.6 Å². The van der Waals surface area contributed by atoms with Gasteiger partial charge in [0.2, 0.25) is 0 Å². The van der Waals surface area contributed by atoms with E-state index < -0.39 is 6.10 Å². The van der Waals surface area contributed by atoms with Crippen LogP contribution in [0.3, 0.4) is 0 Å². The zero-order chi connectivity index (χ0) is 17.3. The smallest absolute Gasteiger partial charge is 0.293 e. The van der Waals surface area contributed by atoms with Gasteiger partial charge < -0.3 is 9.84 Å². The van der Waals surface area contributed by atoms with Crippen LogP contribution >= 0.6 is 0 Å². The number of Topliss-reactive ketones (excluding diaryl/α,β-unsaturated/α-hetero) is 1. The monoisotopic (exact) mass is 323 g/mol. The Balaban J connectivity index is 3.88. The van der Waals surface area contributed by atoms with Crippen molar-refractivity contribution in [1.82, 2.24) is 0 Å². The van der Waals surface area contributed by atoms with Crippen molar-refractivity contribution in [2.45, 2.75) is 77.4 Å². The van der Waals surface area contributed by atoms with Crippen LogP contribution in [0.4, 0.5) is 0 Å². The highest BCUT2D eigenvalue weighted by Crippen LogP contribution is 2.12.